The average Bonchev–Trinajstić information content (AvgIpc) is 2.46. The Bertz CT molecular complexity index is 426. The first-order valence-electron chi connectivity index (χ1n) is 6.12. The summed E-state index contributed by atoms with van der Waals surface area (Å²) >= 11 is 7.68. The fourth-order valence-electron chi connectivity index (χ4n) is 1.65. The maximum atomic E-state index is 5.93. The lowest BCUT2D eigenvalue weighted by Crippen LogP contribution is -2.42. The molecular weight excluding hydrogens is 411 g/mol. The molecule has 0 bridgehead atoms. The first-order valence-corrected chi connectivity index (χ1v) is 7.66. The van der Waals surface area contributed by atoms with Gasteiger partial charge in [-0.3, -0.25) is 0 Å². The van der Waals surface area contributed by atoms with Crippen molar-refractivity contribution in [2.75, 3.05) is 37.7 Å². The second kappa shape index (κ2) is 9.51. The summed E-state index contributed by atoms with van der Waals surface area (Å²) < 4.78 is 5.44. The Balaban J connectivity index is 0.00000200. The summed E-state index contributed by atoms with van der Waals surface area (Å²) in [4.78, 5) is 10.5. The molecule has 1 aromatic heterocycles. The van der Waals surface area contributed by atoms with Gasteiger partial charge < -0.3 is 15.4 Å². The Kier molecular flexibility index (Phi) is 8.39. The quantitative estimate of drug-likeness (QED) is 0.344. The van der Waals surface area contributed by atoms with Crippen LogP contribution >= 0.6 is 47.3 Å². The third-order valence-electron chi connectivity index (χ3n) is 2.65. The van der Waals surface area contributed by atoms with Gasteiger partial charge in [0, 0.05) is 36.9 Å². The normalized spacial score (nSPS) is 15.7. The van der Waals surface area contributed by atoms with E-state index >= 15 is 0 Å². The predicted molar refractivity (Wildman–Crippen MR) is 95.5 cm³/mol. The van der Waals surface area contributed by atoms with E-state index in [1.54, 1.807) is 18.3 Å². The number of guanidine groups is 1. The average molecular weight is 429 g/mol. The van der Waals surface area contributed by atoms with E-state index < -0.39 is 0 Å². The van der Waals surface area contributed by atoms with Crippen LogP contribution in [0.15, 0.2) is 23.3 Å². The first kappa shape index (κ1) is 17.6. The highest BCUT2D eigenvalue weighted by Crippen LogP contribution is 2.11. The minimum atomic E-state index is 0. The van der Waals surface area contributed by atoms with Crippen LogP contribution in [0.2, 0.25) is 5.02 Å². The Labute approximate surface area is 145 Å². The molecule has 20 heavy (non-hydrogen) atoms. The highest BCUT2D eigenvalue weighted by molar-refractivity contribution is 14.0. The lowest BCUT2D eigenvalue weighted by atomic mass is 10.5. The van der Waals surface area contributed by atoms with Crippen LogP contribution in [0, 0.1) is 0 Å². The fourth-order valence-corrected chi connectivity index (χ4v) is 2.67. The number of halogens is 2. The monoisotopic (exact) mass is 428 g/mol. The minimum absolute atomic E-state index is 0. The third-order valence-corrected chi connectivity index (χ3v) is 3.82. The smallest absolute Gasteiger partial charge is 0.213 e. The summed E-state index contributed by atoms with van der Waals surface area (Å²) in [6.07, 6.45) is 1.56. The molecule has 5 nitrogen and oxygen atoms in total. The number of pyridine rings is 1. The van der Waals surface area contributed by atoms with Crippen molar-refractivity contribution in [3.63, 3.8) is 0 Å². The number of aliphatic imine (C=N–C) groups is 1. The number of nitrogens with two attached hydrogens (primary N) is 1. The first-order chi connectivity index (χ1) is 9.25. The molecule has 1 aromatic rings. The molecular formula is C12H18ClIN4OS. The second-order valence-corrected chi connectivity index (χ2v) is 5.66. The Morgan fingerprint density at radius 2 is 2.20 bits per heavy atom. The van der Waals surface area contributed by atoms with Crippen molar-refractivity contribution in [1.29, 1.82) is 0 Å². The van der Waals surface area contributed by atoms with Gasteiger partial charge in [-0.25, -0.2) is 9.98 Å². The summed E-state index contributed by atoms with van der Waals surface area (Å²) in [5.74, 6) is 3.38. The zero-order valence-corrected chi connectivity index (χ0v) is 14.9. The molecule has 0 unspecified atom stereocenters. The zero-order chi connectivity index (χ0) is 13.5. The molecule has 1 aliphatic heterocycles. The lowest BCUT2D eigenvalue weighted by Gasteiger charge is -2.27. The Morgan fingerprint density at radius 3 is 2.85 bits per heavy atom. The van der Waals surface area contributed by atoms with Crippen LogP contribution in [0.25, 0.3) is 0 Å². The molecule has 2 N–H and O–H groups in total. The fraction of sp³-hybridized carbons (Fsp3) is 0.500. The van der Waals surface area contributed by atoms with Crippen molar-refractivity contribution < 1.29 is 4.74 Å². The third kappa shape index (κ3) is 5.92. The van der Waals surface area contributed by atoms with Gasteiger partial charge in [-0.05, 0) is 6.07 Å². The summed E-state index contributed by atoms with van der Waals surface area (Å²) in [6, 6.07) is 3.48. The molecule has 0 atom stereocenters. The molecule has 112 valence electrons. The van der Waals surface area contributed by atoms with Gasteiger partial charge in [0.1, 0.15) is 6.61 Å². The predicted octanol–water partition coefficient (Wildman–Crippen LogP) is 2.10. The van der Waals surface area contributed by atoms with Crippen molar-refractivity contribution in [1.82, 2.24) is 9.88 Å². The topological polar surface area (TPSA) is 63.7 Å². The van der Waals surface area contributed by atoms with E-state index in [4.69, 9.17) is 22.1 Å². The van der Waals surface area contributed by atoms with Gasteiger partial charge in [-0.15, -0.1) is 24.0 Å². The van der Waals surface area contributed by atoms with Crippen LogP contribution in [0.5, 0.6) is 5.88 Å². The highest BCUT2D eigenvalue weighted by Gasteiger charge is 2.11. The molecule has 2 heterocycles. The van der Waals surface area contributed by atoms with E-state index in [0.29, 0.717) is 30.0 Å². The summed E-state index contributed by atoms with van der Waals surface area (Å²) in [5.41, 5.74) is 5.93. The van der Waals surface area contributed by atoms with Crippen LogP contribution in [-0.2, 0) is 0 Å². The second-order valence-electron chi connectivity index (χ2n) is 4.00. The number of thioether (sulfide) groups is 1. The highest BCUT2D eigenvalue weighted by atomic mass is 127. The van der Waals surface area contributed by atoms with Gasteiger partial charge >= 0.3 is 0 Å². The number of nitrogens with zero attached hydrogens (tertiary/aromatic N) is 3. The van der Waals surface area contributed by atoms with E-state index in [-0.39, 0.29) is 24.0 Å². The molecule has 0 radical (unpaired) electrons. The van der Waals surface area contributed by atoms with Crippen molar-refractivity contribution in [3.8, 4) is 5.88 Å². The van der Waals surface area contributed by atoms with Crippen LogP contribution in [0.4, 0.5) is 0 Å². The molecule has 1 aliphatic rings. The number of ether oxygens (including phenoxy) is 1. The number of aromatic nitrogens is 1. The number of hydrogen-bond donors (Lipinski definition) is 1. The van der Waals surface area contributed by atoms with Crippen molar-refractivity contribution in [2.24, 2.45) is 10.7 Å². The van der Waals surface area contributed by atoms with Crippen molar-refractivity contribution >= 4 is 53.3 Å². The van der Waals surface area contributed by atoms with E-state index in [9.17, 15) is 0 Å². The summed E-state index contributed by atoms with van der Waals surface area (Å²) in [7, 11) is 0. The Hall–Kier alpha value is -0.410. The van der Waals surface area contributed by atoms with Gasteiger partial charge in [0.2, 0.25) is 5.88 Å². The molecule has 0 saturated carbocycles. The van der Waals surface area contributed by atoms with E-state index in [0.717, 1.165) is 24.6 Å². The SMILES string of the molecule is I.NC(=NCCOc1ccc(Cl)cn1)N1CCSCC1. The van der Waals surface area contributed by atoms with Crippen LogP contribution < -0.4 is 10.5 Å². The molecule has 2 rings (SSSR count). The minimum Gasteiger partial charge on any atom is -0.476 e. The van der Waals surface area contributed by atoms with Gasteiger partial charge in [-0.2, -0.15) is 11.8 Å². The molecule has 0 aliphatic carbocycles. The number of rotatable bonds is 4. The van der Waals surface area contributed by atoms with Gasteiger partial charge in [0.25, 0.3) is 0 Å². The molecule has 0 aromatic carbocycles. The summed E-state index contributed by atoms with van der Waals surface area (Å²) in [5, 5.41) is 0.595. The molecule has 0 spiro atoms. The molecule has 1 saturated heterocycles. The van der Waals surface area contributed by atoms with Gasteiger partial charge in [0.05, 0.1) is 11.6 Å². The van der Waals surface area contributed by atoms with Crippen molar-refractivity contribution in [2.45, 2.75) is 0 Å². The van der Waals surface area contributed by atoms with E-state index in [1.165, 1.54) is 0 Å². The van der Waals surface area contributed by atoms with Gasteiger partial charge in [0.15, 0.2) is 5.96 Å². The van der Waals surface area contributed by atoms with Crippen LogP contribution in [0.1, 0.15) is 0 Å². The van der Waals surface area contributed by atoms with Crippen molar-refractivity contribution in [3.05, 3.63) is 23.4 Å². The molecule has 0 amide bonds. The van der Waals surface area contributed by atoms with E-state index in [1.807, 2.05) is 11.8 Å². The standard InChI is InChI=1S/C12H17ClN4OS.HI/c13-10-1-2-11(16-9-10)18-6-3-15-12(14)17-4-7-19-8-5-17;/h1-2,9H,3-8H2,(H2,14,15);1H. The van der Waals surface area contributed by atoms with Gasteiger partial charge in [-0.1, -0.05) is 11.6 Å². The zero-order valence-electron chi connectivity index (χ0n) is 11.0. The Morgan fingerprint density at radius 1 is 1.45 bits per heavy atom. The largest absolute Gasteiger partial charge is 0.476 e. The molecule has 1 fully saturated rings. The number of hydrogen-bond acceptors (Lipinski definition) is 4. The van der Waals surface area contributed by atoms with E-state index in [2.05, 4.69) is 14.9 Å². The summed E-state index contributed by atoms with van der Waals surface area (Å²) in [6.45, 7) is 2.93. The van der Waals surface area contributed by atoms with Crippen LogP contribution in [0.3, 0.4) is 0 Å². The molecule has 8 heteroatoms. The van der Waals surface area contributed by atoms with Crippen LogP contribution in [-0.4, -0.2) is 53.6 Å². The lowest BCUT2D eigenvalue weighted by molar-refractivity contribution is 0.315. The maximum Gasteiger partial charge on any atom is 0.213 e. The maximum absolute atomic E-state index is 5.93.